The van der Waals surface area contributed by atoms with Crippen molar-refractivity contribution in [3.05, 3.63) is 45.7 Å². The van der Waals surface area contributed by atoms with Gasteiger partial charge in [-0.05, 0) is 18.4 Å². The maximum absolute atomic E-state index is 12.0. The van der Waals surface area contributed by atoms with E-state index in [4.69, 9.17) is 0 Å². The first-order chi connectivity index (χ1) is 8.15. The molecule has 0 unspecified atom stereocenters. The fraction of sp³-hybridized carbons (Fsp3) is 0.357. The van der Waals surface area contributed by atoms with E-state index in [1.165, 1.54) is 5.56 Å². The van der Waals surface area contributed by atoms with E-state index in [1.807, 2.05) is 6.07 Å². The third kappa shape index (κ3) is 1.32. The van der Waals surface area contributed by atoms with Gasteiger partial charge in [0, 0.05) is 11.0 Å². The van der Waals surface area contributed by atoms with Gasteiger partial charge >= 0.3 is 0 Å². The molecule has 2 aromatic rings. The van der Waals surface area contributed by atoms with Crippen molar-refractivity contribution in [2.75, 3.05) is 0 Å². The maximum Gasteiger partial charge on any atom is 0.268 e. The molecule has 0 spiro atoms. The number of benzene rings is 1. The summed E-state index contributed by atoms with van der Waals surface area (Å²) in [4.78, 5) is 12.0. The van der Waals surface area contributed by atoms with E-state index in [0.29, 0.717) is 0 Å². The van der Waals surface area contributed by atoms with Crippen molar-refractivity contribution in [2.24, 2.45) is 0 Å². The molecule has 1 atom stereocenters. The smallest absolute Gasteiger partial charge is 0.268 e. The number of H-pyrrole nitrogens is 2. The van der Waals surface area contributed by atoms with Crippen LogP contribution >= 0.6 is 0 Å². The molecule has 0 radical (unpaired) electrons. The summed E-state index contributed by atoms with van der Waals surface area (Å²) in [7, 11) is 0. The van der Waals surface area contributed by atoms with Crippen molar-refractivity contribution in [1.29, 1.82) is 0 Å². The number of hydrogen-bond donors (Lipinski definition) is 2. The number of nitrogens with one attached hydrogen (secondary N) is 2. The lowest BCUT2D eigenvalue weighted by molar-refractivity contribution is 0.445. The number of rotatable bonds is 1. The molecule has 0 fully saturated rings. The summed E-state index contributed by atoms with van der Waals surface area (Å²) in [5, 5.41) is 5.76. The Morgan fingerprint density at radius 2 is 2.06 bits per heavy atom. The van der Waals surface area contributed by atoms with E-state index in [9.17, 15) is 4.79 Å². The van der Waals surface area contributed by atoms with Gasteiger partial charge < -0.3 is 0 Å². The van der Waals surface area contributed by atoms with E-state index < -0.39 is 0 Å². The van der Waals surface area contributed by atoms with Gasteiger partial charge in [0.1, 0.15) is 0 Å². The van der Waals surface area contributed by atoms with Gasteiger partial charge in [0.05, 0.1) is 11.3 Å². The highest BCUT2D eigenvalue weighted by molar-refractivity contribution is 5.71. The standard InChI is InChI=1S/C14H16N2O/c1-3-14(2)8-9-6-4-5-7-10(9)12-11(14)13(17)16-15-12/h4-7H,3,8H2,1-2H3,(H2,15,16,17)/t14-/m0/s1. The summed E-state index contributed by atoms with van der Waals surface area (Å²) >= 11 is 0. The average Bonchev–Trinajstić information content (AvgIpc) is 2.73. The van der Waals surface area contributed by atoms with Crippen LogP contribution < -0.4 is 5.56 Å². The molecule has 0 aliphatic heterocycles. The van der Waals surface area contributed by atoms with Crippen LogP contribution in [-0.2, 0) is 11.8 Å². The third-order valence-corrected chi connectivity index (χ3v) is 4.03. The van der Waals surface area contributed by atoms with Crippen molar-refractivity contribution in [2.45, 2.75) is 32.1 Å². The van der Waals surface area contributed by atoms with Gasteiger partial charge in [-0.15, -0.1) is 0 Å². The Morgan fingerprint density at radius 3 is 2.82 bits per heavy atom. The van der Waals surface area contributed by atoms with E-state index in [2.05, 4.69) is 42.2 Å². The molecule has 88 valence electrons. The quantitative estimate of drug-likeness (QED) is 0.774. The van der Waals surface area contributed by atoms with Crippen LogP contribution in [0.1, 0.15) is 31.4 Å². The van der Waals surface area contributed by atoms with E-state index >= 15 is 0 Å². The molecular weight excluding hydrogens is 212 g/mol. The highest BCUT2D eigenvalue weighted by Crippen LogP contribution is 2.41. The molecule has 1 aromatic heterocycles. The Hall–Kier alpha value is -1.77. The molecule has 1 aliphatic rings. The van der Waals surface area contributed by atoms with Crippen LogP contribution in [0.4, 0.5) is 0 Å². The second kappa shape index (κ2) is 3.36. The van der Waals surface area contributed by atoms with E-state index in [-0.39, 0.29) is 11.0 Å². The Kier molecular flexibility index (Phi) is 2.05. The normalized spacial score (nSPS) is 22.0. The molecule has 3 rings (SSSR count). The molecular formula is C14H16N2O. The first-order valence-electron chi connectivity index (χ1n) is 6.05. The van der Waals surface area contributed by atoms with Crippen LogP contribution in [0.3, 0.4) is 0 Å². The predicted octanol–water partition coefficient (Wildman–Crippen LogP) is 2.59. The molecule has 0 bridgehead atoms. The summed E-state index contributed by atoms with van der Waals surface area (Å²) in [6.07, 6.45) is 1.91. The van der Waals surface area contributed by atoms with Crippen LogP contribution in [0.2, 0.25) is 0 Å². The minimum atomic E-state index is -0.0583. The molecule has 2 N–H and O–H groups in total. The molecule has 0 saturated heterocycles. The second-order valence-corrected chi connectivity index (χ2v) is 5.08. The van der Waals surface area contributed by atoms with Gasteiger partial charge in [-0.2, -0.15) is 0 Å². The fourth-order valence-electron chi connectivity index (χ4n) is 2.86. The van der Waals surface area contributed by atoms with Crippen molar-refractivity contribution in [1.82, 2.24) is 10.2 Å². The molecule has 0 amide bonds. The molecule has 3 heteroatoms. The van der Waals surface area contributed by atoms with Crippen molar-refractivity contribution < 1.29 is 0 Å². The average molecular weight is 228 g/mol. The molecule has 1 aromatic carbocycles. The Labute approximate surface area is 99.9 Å². The minimum Gasteiger partial charge on any atom is -0.297 e. The van der Waals surface area contributed by atoms with Crippen molar-refractivity contribution in [3.8, 4) is 11.3 Å². The van der Waals surface area contributed by atoms with E-state index in [1.54, 1.807) is 0 Å². The minimum absolute atomic E-state index is 0.0267. The third-order valence-electron chi connectivity index (χ3n) is 4.03. The number of aromatic amines is 2. The van der Waals surface area contributed by atoms with Gasteiger partial charge in [0.2, 0.25) is 0 Å². The summed E-state index contributed by atoms with van der Waals surface area (Å²) in [6.45, 7) is 4.31. The number of hydrogen-bond acceptors (Lipinski definition) is 1. The zero-order valence-electron chi connectivity index (χ0n) is 10.1. The number of aromatic nitrogens is 2. The Bertz CT molecular complexity index is 623. The van der Waals surface area contributed by atoms with Gasteiger partial charge in [-0.1, -0.05) is 38.1 Å². The van der Waals surface area contributed by atoms with Gasteiger partial charge in [-0.3, -0.25) is 15.0 Å². The van der Waals surface area contributed by atoms with Crippen LogP contribution in [-0.4, -0.2) is 10.2 Å². The fourth-order valence-corrected chi connectivity index (χ4v) is 2.86. The lowest BCUT2D eigenvalue weighted by Crippen LogP contribution is -2.32. The lowest BCUT2D eigenvalue weighted by atomic mass is 9.70. The van der Waals surface area contributed by atoms with Crippen molar-refractivity contribution >= 4 is 0 Å². The summed E-state index contributed by atoms with van der Waals surface area (Å²) < 4.78 is 0. The zero-order valence-corrected chi connectivity index (χ0v) is 10.1. The zero-order chi connectivity index (χ0) is 12.0. The molecule has 3 nitrogen and oxygen atoms in total. The monoisotopic (exact) mass is 228 g/mol. The SMILES string of the molecule is CC[C@@]1(C)Cc2ccccc2-c2[nH][nH]c(=O)c21. The van der Waals surface area contributed by atoms with E-state index in [0.717, 1.165) is 29.7 Å². The van der Waals surface area contributed by atoms with Crippen molar-refractivity contribution in [3.63, 3.8) is 0 Å². The lowest BCUT2D eigenvalue weighted by Gasteiger charge is -2.33. The van der Waals surface area contributed by atoms with Crippen LogP contribution in [0, 0.1) is 0 Å². The second-order valence-electron chi connectivity index (χ2n) is 5.08. The van der Waals surface area contributed by atoms with Gasteiger partial charge in [-0.25, -0.2) is 0 Å². The highest BCUT2D eigenvalue weighted by atomic mass is 16.1. The predicted molar refractivity (Wildman–Crippen MR) is 68.2 cm³/mol. The summed E-state index contributed by atoms with van der Waals surface area (Å²) in [5.74, 6) is 0. The summed E-state index contributed by atoms with van der Waals surface area (Å²) in [6, 6.07) is 8.30. The topological polar surface area (TPSA) is 48.6 Å². The maximum atomic E-state index is 12.0. The molecule has 1 aliphatic carbocycles. The Balaban J connectivity index is 2.35. The number of fused-ring (bicyclic) bond motifs is 3. The molecule has 1 heterocycles. The van der Waals surface area contributed by atoms with Crippen LogP contribution in [0.5, 0.6) is 0 Å². The first-order valence-corrected chi connectivity index (χ1v) is 6.05. The molecule has 0 saturated carbocycles. The van der Waals surface area contributed by atoms with Crippen LogP contribution in [0.25, 0.3) is 11.3 Å². The highest BCUT2D eigenvalue weighted by Gasteiger charge is 2.36. The van der Waals surface area contributed by atoms with Crippen LogP contribution in [0.15, 0.2) is 29.1 Å². The molecule has 17 heavy (non-hydrogen) atoms. The van der Waals surface area contributed by atoms with Gasteiger partial charge in [0.15, 0.2) is 0 Å². The Morgan fingerprint density at radius 1 is 1.29 bits per heavy atom. The summed E-state index contributed by atoms with van der Waals surface area (Å²) in [5.41, 5.74) is 4.34. The first kappa shape index (κ1) is 10.4. The van der Waals surface area contributed by atoms with Gasteiger partial charge in [0.25, 0.3) is 5.56 Å². The largest absolute Gasteiger partial charge is 0.297 e.